The fourth-order valence-electron chi connectivity index (χ4n) is 5.21. The van der Waals surface area contributed by atoms with E-state index in [0.29, 0.717) is 35.6 Å². The number of aromatic nitrogens is 5. The van der Waals surface area contributed by atoms with E-state index in [1.54, 1.807) is 40.2 Å². The van der Waals surface area contributed by atoms with Crippen molar-refractivity contribution in [3.05, 3.63) is 60.6 Å². The Hall–Kier alpha value is -4.42. The number of rotatable bonds is 4. The van der Waals surface area contributed by atoms with E-state index in [4.69, 9.17) is 4.74 Å². The quantitative estimate of drug-likeness (QED) is 0.370. The lowest BCUT2D eigenvalue weighted by Crippen LogP contribution is -2.50. The van der Waals surface area contributed by atoms with Gasteiger partial charge in [0.05, 0.1) is 28.7 Å². The largest absolute Gasteiger partial charge is 0.444 e. The van der Waals surface area contributed by atoms with Crippen molar-refractivity contribution in [2.45, 2.75) is 51.1 Å². The normalized spacial score (nSPS) is 18.9. The smallest absolute Gasteiger partial charge is 0.416 e. The molecule has 6 rings (SSSR count). The molecule has 0 aromatic carbocycles. The van der Waals surface area contributed by atoms with Crippen LogP contribution in [0.2, 0.25) is 0 Å². The standard InChI is InChI=1S/C27H27F3N8O2/c1-26(2,3)40-25(39)37-15-18-12-19(37)14-36(18)22-13-17(7-10-32-22)38-24-20(5-4-8-33-24)23(35-38)34-21-11-16(6-9-31-21)27(28,29)30/h4-11,13,18-19H,12,14-15H2,1-3H3,(H,31,34,35)/t18-,19-/m0/s1. The van der Waals surface area contributed by atoms with Gasteiger partial charge in [-0.15, -0.1) is 5.10 Å². The number of likely N-dealkylation sites (tertiary alicyclic amines) is 1. The van der Waals surface area contributed by atoms with Crippen molar-refractivity contribution in [2.24, 2.45) is 0 Å². The minimum absolute atomic E-state index is 0.0169. The molecule has 4 aromatic heterocycles. The Balaban J connectivity index is 1.26. The van der Waals surface area contributed by atoms with Gasteiger partial charge in [-0.1, -0.05) is 0 Å². The molecule has 2 saturated heterocycles. The average molecular weight is 553 g/mol. The Kier molecular flexibility index (Phi) is 6.04. The Bertz CT molecular complexity index is 1580. The molecule has 6 heterocycles. The van der Waals surface area contributed by atoms with Crippen LogP contribution in [0.5, 0.6) is 0 Å². The number of alkyl halides is 3. The molecule has 40 heavy (non-hydrogen) atoms. The van der Waals surface area contributed by atoms with E-state index in [2.05, 4.69) is 30.3 Å². The predicted molar refractivity (Wildman–Crippen MR) is 142 cm³/mol. The number of piperazine rings is 1. The third-order valence-electron chi connectivity index (χ3n) is 6.91. The number of ether oxygens (including phenoxy) is 1. The van der Waals surface area contributed by atoms with Crippen LogP contribution in [0.25, 0.3) is 16.7 Å². The van der Waals surface area contributed by atoms with E-state index in [0.717, 1.165) is 30.6 Å². The number of carbonyl (C=O) groups is 1. The third-order valence-corrected chi connectivity index (χ3v) is 6.91. The van der Waals surface area contributed by atoms with Gasteiger partial charge in [-0.3, -0.25) is 0 Å². The fraction of sp³-hybridized carbons (Fsp3) is 0.370. The van der Waals surface area contributed by atoms with E-state index >= 15 is 0 Å². The van der Waals surface area contributed by atoms with Crippen molar-refractivity contribution in [2.75, 3.05) is 23.3 Å². The highest BCUT2D eigenvalue weighted by Crippen LogP contribution is 2.36. The SMILES string of the molecule is CC(C)(C)OC(=O)N1C[C@@H]2C[C@H]1CN2c1cc(-n2nc(Nc3cc(C(F)(F)F)ccn3)c3cccnc32)ccn1. The molecule has 4 aromatic rings. The molecule has 10 nitrogen and oxygen atoms in total. The lowest BCUT2D eigenvalue weighted by molar-refractivity contribution is -0.137. The summed E-state index contributed by atoms with van der Waals surface area (Å²) in [6, 6.07) is 9.20. The summed E-state index contributed by atoms with van der Waals surface area (Å²) in [5, 5.41) is 8.17. The zero-order valence-corrected chi connectivity index (χ0v) is 22.1. The van der Waals surface area contributed by atoms with Gasteiger partial charge in [0.2, 0.25) is 0 Å². The number of nitrogens with zero attached hydrogens (tertiary/aromatic N) is 7. The maximum Gasteiger partial charge on any atom is 0.416 e. The zero-order valence-electron chi connectivity index (χ0n) is 22.1. The predicted octanol–water partition coefficient (Wildman–Crippen LogP) is 5.17. The van der Waals surface area contributed by atoms with Crippen molar-refractivity contribution >= 4 is 34.6 Å². The average Bonchev–Trinajstić information content (AvgIpc) is 3.61. The van der Waals surface area contributed by atoms with Gasteiger partial charge >= 0.3 is 12.3 Å². The van der Waals surface area contributed by atoms with E-state index in [9.17, 15) is 18.0 Å². The van der Waals surface area contributed by atoms with Gasteiger partial charge in [-0.05, 0) is 57.5 Å². The Morgan fingerprint density at radius 3 is 2.52 bits per heavy atom. The van der Waals surface area contributed by atoms with Crippen LogP contribution in [0, 0.1) is 0 Å². The molecule has 2 aliphatic rings. The summed E-state index contributed by atoms with van der Waals surface area (Å²) in [5.74, 6) is 1.08. The first-order valence-corrected chi connectivity index (χ1v) is 12.8. The van der Waals surface area contributed by atoms with Gasteiger partial charge in [0.15, 0.2) is 11.5 Å². The van der Waals surface area contributed by atoms with E-state index in [1.165, 1.54) is 0 Å². The maximum atomic E-state index is 13.2. The number of amides is 1. The summed E-state index contributed by atoms with van der Waals surface area (Å²) < 4.78 is 46.8. The molecule has 13 heteroatoms. The summed E-state index contributed by atoms with van der Waals surface area (Å²) in [4.78, 5) is 29.7. The molecule has 1 N–H and O–H groups in total. The molecular weight excluding hydrogens is 525 g/mol. The van der Waals surface area contributed by atoms with Crippen LogP contribution in [0.1, 0.15) is 32.8 Å². The van der Waals surface area contributed by atoms with Crippen LogP contribution in [0.4, 0.5) is 35.4 Å². The highest BCUT2D eigenvalue weighted by molar-refractivity contribution is 5.90. The van der Waals surface area contributed by atoms with Gasteiger partial charge in [0, 0.05) is 37.7 Å². The molecule has 2 fully saturated rings. The third kappa shape index (κ3) is 4.87. The first-order valence-electron chi connectivity index (χ1n) is 12.8. The molecule has 2 atom stereocenters. The van der Waals surface area contributed by atoms with Crippen molar-refractivity contribution in [1.29, 1.82) is 0 Å². The molecule has 0 radical (unpaired) electrons. The van der Waals surface area contributed by atoms with E-state index < -0.39 is 17.3 Å². The van der Waals surface area contributed by atoms with Crippen LogP contribution < -0.4 is 10.2 Å². The zero-order chi connectivity index (χ0) is 28.2. The van der Waals surface area contributed by atoms with Crippen molar-refractivity contribution in [1.82, 2.24) is 29.6 Å². The first-order chi connectivity index (χ1) is 19.0. The Labute approximate surface area is 227 Å². The lowest BCUT2D eigenvalue weighted by Gasteiger charge is -2.35. The molecule has 2 aliphatic heterocycles. The molecule has 0 spiro atoms. The summed E-state index contributed by atoms with van der Waals surface area (Å²) in [7, 11) is 0. The molecule has 208 valence electrons. The second-order valence-electron chi connectivity index (χ2n) is 10.9. The minimum atomic E-state index is -4.49. The maximum absolute atomic E-state index is 13.2. The summed E-state index contributed by atoms with van der Waals surface area (Å²) >= 11 is 0. The molecular formula is C27H27F3N8O2. The van der Waals surface area contributed by atoms with Gasteiger partial charge in [0.25, 0.3) is 0 Å². The number of hydrogen-bond acceptors (Lipinski definition) is 8. The Morgan fingerprint density at radius 1 is 1.00 bits per heavy atom. The number of nitrogens with one attached hydrogen (secondary N) is 1. The molecule has 0 unspecified atom stereocenters. The highest BCUT2D eigenvalue weighted by Gasteiger charge is 2.47. The van der Waals surface area contributed by atoms with Gasteiger partial charge in [0.1, 0.15) is 17.2 Å². The summed E-state index contributed by atoms with van der Waals surface area (Å²) in [6.07, 6.45) is 0.445. The van der Waals surface area contributed by atoms with Crippen molar-refractivity contribution in [3.63, 3.8) is 0 Å². The van der Waals surface area contributed by atoms with Gasteiger partial charge in [-0.2, -0.15) is 13.2 Å². The molecule has 0 aliphatic carbocycles. The monoisotopic (exact) mass is 552 g/mol. The number of fused-ring (bicyclic) bond motifs is 3. The molecule has 1 amide bonds. The minimum Gasteiger partial charge on any atom is -0.444 e. The van der Waals surface area contributed by atoms with Crippen LogP contribution in [-0.2, 0) is 10.9 Å². The first kappa shape index (κ1) is 25.8. The second-order valence-corrected chi connectivity index (χ2v) is 10.9. The van der Waals surface area contributed by atoms with E-state index in [-0.39, 0.29) is 24.0 Å². The number of carbonyl (C=O) groups excluding carboxylic acids is 1. The fourth-order valence-corrected chi connectivity index (χ4v) is 5.21. The van der Waals surface area contributed by atoms with Crippen LogP contribution in [0.15, 0.2) is 55.0 Å². The number of hydrogen-bond donors (Lipinski definition) is 1. The van der Waals surface area contributed by atoms with Crippen LogP contribution in [0.3, 0.4) is 0 Å². The Morgan fingerprint density at radius 2 is 1.80 bits per heavy atom. The number of halogens is 3. The summed E-state index contributed by atoms with van der Waals surface area (Å²) in [5.41, 5.74) is -0.158. The lowest BCUT2D eigenvalue weighted by atomic mass is 10.2. The topological polar surface area (TPSA) is 101 Å². The second kappa shape index (κ2) is 9.35. The van der Waals surface area contributed by atoms with Crippen molar-refractivity contribution < 1.29 is 22.7 Å². The number of pyridine rings is 3. The molecule has 2 bridgehead atoms. The summed E-state index contributed by atoms with van der Waals surface area (Å²) in [6.45, 7) is 6.74. The number of anilines is 3. The van der Waals surface area contributed by atoms with Gasteiger partial charge in [-0.25, -0.2) is 24.4 Å². The van der Waals surface area contributed by atoms with Crippen molar-refractivity contribution in [3.8, 4) is 5.69 Å². The molecule has 0 saturated carbocycles. The van der Waals surface area contributed by atoms with Crippen LogP contribution in [-0.4, -0.2) is 66.5 Å². The highest BCUT2D eigenvalue weighted by atomic mass is 19.4. The van der Waals surface area contributed by atoms with Crippen LogP contribution >= 0.6 is 0 Å². The van der Waals surface area contributed by atoms with E-state index in [1.807, 2.05) is 26.8 Å². The van der Waals surface area contributed by atoms with Gasteiger partial charge < -0.3 is 19.9 Å².